The van der Waals surface area contributed by atoms with Crippen LogP contribution in [0.25, 0.3) is 22.0 Å². The molecule has 4 aromatic rings. The van der Waals surface area contributed by atoms with Gasteiger partial charge in [0.1, 0.15) is 6.54 Å². The number of aromatic amines is 1. The number of aromatic nitrogens is 1. The van der Waals surface area contributed by atoms with Crippen molar-refractivity contribution in [2.45, 2.75) is 19.5 Å². The zero-order chi connectivity index (χ0) is 22.3. The Morgan fingerprint density at radius 3 is 2.38 bits per heavy atom. The number of rotatable bonds is 4. The number of nitrogens with zero attached hydrogens (tertiary/aromatic N) is 1. The van der Waals surface area contributed by atoms with Crippen molar-refractivity contribution in [1.82, 2.24) is 4.98 Å². The van der Waals surface area contributed by atoms with Gasteiger partial charge in [0.05, 0.1) is 16.7 Å². The minimum Gasteiger partial charge on any atom is -0.361 e. The molecule has 1 aliphatic heterocycles. The van der Waals surface area contributed by atoms with E-state index in [9.17, 15) is 13.2 Å². The van der Waals surface area contributed by atoms with Crippen LogP contribution < -0.4 is 0 Å². The summed E-state index contributed by atoms with van der Waals surface area (Å²) in [5, 5.41) is 1.04. The number of fused-ring (bicyclic) bond motifs is 2. The first-order valence-electron chi connectivity index (χ1n) is 10.7. The first kappa shape index (κ1) is 20.3. The molecule has 1 aliphatic rings. The summed E-state index contributed by atoms with van der Waals surface area (Å²) in [6.07, 6.45) is 0.698. The van der Waals surface area contributed by atoms with Gasteiger partial charge < -0.3 is 4.98 Å². The molecule has 1 N–H and O–H groups in total. The number of hydrogen-bond donors (Lipinski definition) is 1. The molecule has 5 rings (SSSR count). The van der Waals surface area contributed by atoms with Crippen LogP contribution in [0, 0.1) is 0 Å². The van der Waals surface area contributed by atoms with E-state index in [0.717, 1.165) is 69.5 Å². The van der Waals surface area contributed by atoms with Crippen molar-refractivity contribution in [3.8, 4) is 0 Å². The molecule has 0 atom stereocenters. The highest BCUT2D eigenvalue weighted by molar-refractivity contribution is 6.25. The summed E-state index contributed by atoms with van der Waals surface area (Å²) in [7, 11) is 0. The van der Waals surface area contributed by atoms with Gasteiger partial charge in [0.2, 0.25) is 5.69 Å². The lowest BCUT2D eigenvalue weighted by atomic mass is 9.89. The van der Waals surface area contributed by atoms with Crippen molar-refractivity contribution < 1.29 is 17.7 Å². The van der Waals surface area contributed by atoms with Crippen LogP contribution in [-0.4, -0.2) is 22.3 Å². The van der Waals surface area contributed by atoms with Crippen LogP contribution in [0.5, 0.6) is 0 Å². The Morgan fingerprint density at radius 1 is 0.906 bits per heavy atom. The molecule has 0 radical (unpaired) electrons. The normalized spacial score (nSPS) is 15.1. The molecule has 3 aromatic carbocycles. The van der Waals surface area contributed by atoms with Crippen LogP contribution in [0.4, 0.5) is 18.9 Å². The van der Waals surface area contributed by atoms with E-state index >= 15 is 0 Å². The van der Waals surface area contributed by atoms with Gasteiger partial charge >= 0.3 is 6.18 Å². The Hall–Kier alpha value is -3.60. The minimum absolute atomic E-state index is 0.645. The Kier molecular flexibility index (Phi) is 4.97. The van der Waals surface area contributed by atoms with Gasteiger partial charge in [-0.3, -0.25) is 0 Å². The maximum atomic E-state index is 13.2. The van der Waals surface area contributed by atoms with Crippen LogP contribution in [0.3, 0.4) is 0 Å². The average Bonchev–Trinajstić information content (AvgIpc) is 3.37. The largest absolute Gasteiger partial charge is 0.416 e. The third kappa shape index (κ3) is 3.44. The van der Waals surface area contributed by atoms with E-state index in [1.165, 1.54) is 0 Å². The van der Waals surface area contributed by atoms with E-state index in [2.05, 4.69) is 34.8 Å². The first-order valence-corrected chi connectivity index (χ1v) is 10.7. The summed E-state index contributed by atoms with van der Waals surface area (Å²) < 4.78 is 41.8. The highest BCUT2D eigenvalue weighted by Gasteiger charge is 2.32. The molecule has 0 amide bonds. The van der Waals surface area contributed by atoms with Gasteiger partial charge in [-0.2, -0.15) is 17.7 Å². The summed E-state index contributed by atoms with van der Waals surface area (Å²) in [5.74, 6) is 0. The van der Waals surface area contributed by atoms with E-state index in [4.69, 9.17) is 0 Å². The minimum atomic E-state index is -4.36. The number of para-hydroxylation sites is 2. The van der Waals surface area contributed by atoms with Crippen molar-refractivity contribution in [3.63, 3.8) is 0 Å². The smallest absolute Gasteiger partial charge is 0.361 e. The second kappa shape index (κ2) is 7.83. The third-order valence-electron chi connectivity index (χ3n) is 5.88. The standard InChI is InChI=1S/C27H21F3N2/c1-2-15-32-17-23(21-8-4-6-10-25(21)32)26(18-11-13-19(14-12-18)27(28,29)30)22-16-31-24-9-5-3-7-20(22)24/h3-14,16-17H,2,15H2,1H3/p+1. The number of halogens is 3. The van der Waals surface area contributed by atoms with Crippen molar-refractivity contribution in [2.75, 3.05) is 6.54 Å². The SMILES string of the molecule is CCC[N+]1=C/C(=C(/c2ccc(C(F)(F)F)cc2)c2c[nH]c3ccccc23)c2ccccc21. The topological polar surface area (TPSA) is 18.8 Å². The van der Waals surface area contributed by atoms with Crippen molar-refractivity contribution in [3.05, 3.63) is 101 Å². The fraction of sp³-hybridized carbons (Fsp3) is 0.148. The summed E-state index contributed by atoms with van der Waals surface area (Å²) in [6, 6.07) is 21.6. The summed E-state index contributed by atoms with van der Waals surface area (Å²) in [5.41, 5.74) is 6.20. The third-order valence-corrected chi connectivity index (χ3v) is 5.88. The Balaban J connectivity index is 1.80. The molecule has 5 heteroatoms. The van der Waals surface area contributed by atoms with Crippen molar-refractivity contribution >= 4 is 34.0 Å². The lowest BCUT2D eigenvalue weighted by molar-refractivity contribution is -0.431. The van der Waals surface area contributed by atoms with E-state index in [-0.39, 0.29) is 0 Å². The maximum Gasteiger partial charge on any atom is 0.416 e. The molecule has 0 saturated carbocycles. The quantitative estimate of drug-likeness (QED) is 0.327. The zero-order valence-electron chi connectivity index (χ0n) is 17.6. The van der Waals surface area contributed by atoms with Crippen molar-refractivity contribution in [1.29, 1.82) is 0 Å². The Bertz CT molecular complexity index is 1360. The number of hydrogen-bond acceptors (Lipinski definition) is 0. The first-order chi connectivity index (χ1) is 15.5. The average molecular weight is 431 g/mol. The van der Waals surface area contributed by atoms with Crippen LogP contribution in [-0.2, 0) is 6.18 Å². The van der Waals surface area contributed by atoms with Crippen LogP contribution >= 0.6 is 0 Å². The van der Waals surface area contributed by atoms with Gasteiger partial charge in [0, 0.05) is 40.7 Å². The van der Waals surface area contributed by atoms with Crippen LogP contribution in [0.15, 0.2) is 79.0 Å². The fourth-order valence-electron chi connectivity index (χ4n) is 4.43. The molecule has 2 heterocycles. The molecule has 1 aromatic heterocycles. The molecule has 0 spiro atoms. The maximum absolute atomic E-state index is 13.2. The Morgan fingerprint density at radius 2 is 1.62 bits per heavy atom. The number of H-pyrrole nitrogens is 1. The molecule has 2 nitrogen and oxygen atoms in total. The fourth-order valence-corrected chi connectivity index (χ4v) is 4.43. The lowest BCUT2D eigenvalue weighted by Crippen LogP contribution is -2.05. The highest BCUT2D eigenvalue weighted by atomic mass is 19.4. The van der Waals surface area contributed by atoms with Gasteiger partial charge in [-0.1, -0.05) is 49.4 Å². The molecule has 160 valence electrons. The molecule has 0 bridgehead atoms. The summed E-state index contributed by atoms with van der Waals surface area (Å²) >= 11 is 0. The molecule has 0 saturated heterocycles. The van der Waals surface area contributed by atoms with Gasteiger partial charge in [0.25, 0.3) is 0 Å². The van der Waals surface area contributed by atoms with Crippen LogP contribution in [0.2, 0.25) is 0 Å². The van der Waals surface area contributed by atoms with Crippen LogP contribution in [0.1, 0.15) is 35.6 Å². The highest BCUT2D eigenvalue weighted by Crippen LogP contribution is 2.41. The summed E-state index contributed by atoms with van der Waals surface area (Å²) in [6.45, 7) is 3.00. The predicted molar refractivity (Wildman–Crippen MR) is 123 cm³/mol. The summed E-state index contributed by atoms with van der Waals surface area (Å²) in [4.78, 5) is 3.32. The van der Waals surface area contributed by atoms with Gasteiger partial charge in [-0.25, -0.2) is 0 Å². The number of alkyl halides is 3. The van der Waals surface area contributed by atoms with E-state index in [1.807, 2.05) is 42.6 Å². The number of nitrogens with one attached hydrogen (secondary N) is 1. The van der Waals surface area contributed by atoms with E-state index in [1.54, 1.807) is 12.1 Å². The molecule has 0 fully saturated rings. The van der Waals surface area contributed by atoms with E-state index in [0.29, 0.717) is 0 Å². The van der Waals surface area contributed by atoms with Gasteiger partial charge in [0.15, 0.2) is 6.21 Å². The molecular weight excluding hydrogens is 409 g/mol. The number of benzene rings is 3. The second-order valence-corrected chi connectivity index (χ2v) is 7.95. The van der Waals surface area contributed by atoms with E-state index < -0.39 is 11.7 Å². The van der Waals surface area contributed by atoms with Gasteiger partial charge in [-0.05, 0) is 29.8 Å². The Labute approximate surface area is 184 Å². The van der Waals surface area contributed by atoms with Gasteiger partial charge in [-0.15, -0.1) is 0 Å². The van der Waals surface area contributed by atoms with Crippen molar-refractivity contribution in [2.24, 2.45) is 0 Å². The number of allylic oxidation sites excluding steroid dienone is 1. The monoisotopic (exact) mass is 431 g/mol. The molecular formula is C27H22F3N2+. The zero-order valence-corrected chi connectivity index (χ0v) is 17.6. The predicted octanol–water partition coefficient (Wildman–Crippen LogP) is 7.28. The molecule has 0 aliphatic carbocycles. The second-order valence-electron chi connectivity index (χ2n) is 7.95. The lowest BCUT2D eigenvalue weighted by Gasteiger charge is -2.12. The molecule has 0 unspecified atom stereocenters. The molecule has 32 heavy (non-hydrogen) atoms.